The SMILES string of the molecule is Cc1ccc(N2CCC(COCc3ccccc3)C2)c([N+](=O)[O-])c1. The van der Waals surface area contributed by atoms with Crippen LogP contribution in [0.25, 0.3) is 0 Å². The van der Waals surface area contributed by atoms with E-state index in [0.29, 0.717) is 19.1 Å². The molecule has 1 aliphatic heterocycles. The number of nitrogens with zero attached hydrogens (tertiary/aromatic N) is 2. The van der Waals surface area contributed by atoms with Crippen molar-refractivity contribution in [3.63, 3.8) is 0 Å². The Morgan fingerprint density at radius 2 is 2.04 bits per heavy atom. The molecule has 2 aromatic rings. The van der Waals surface area contributed by atoms with Crippen LogP contribution in [0.5, 0.6) is 0 Å². The van der Waals surface area contributed by atoms with Crippen LogP contribution in [0.4, 0.5) is 11.4 Å². The summed E-state index contributed by atoms with van der Waals surface area (Å²) in [6.07, 6.45) is 1.000. The van der Waals surface area contributed by atoms with E-state index in [2.05, 4.69) is 17.0 Å². The minimum atomic E-state index is -0.290. The highest BCUT2D eigenvalue weighted by atomic mass is 16.6. The Balaban J connectivity index is 1.57. The van der Waals surface area contributed by atoms with E-state index < -0.39 is 0 Å². The molecule has 126 valence electrons. The van der Waals surface area contributed by atoms with Crippen molar-refractivity contribution in [1.82, 2.24) is 0 Å². The zero-order chi connectivity index (χ0) is 16.9. The molecule has 0 amide bonds. The van der Waals surface area contributed by atoms with Crippen LogP contribution in [-0.2, 0) is 11.3 Å². The second-order valence-electron chi connectivity index (χ2n) is 6.35. The molecule has 1 unspecified atom stereocenters. The zero-order valence-electron chi connectivity index (χ0n) is 13.9. The molecule has 0 saturated carbocycles. The van der Waals surface area contributed by atoms with Gasteiger partial charge in [-0.1, -0.05) is 36.4 Å². The molecule has 0 radical (unpaired) electrons. The minimum absolute atomic E-state index is 0.195. The van der Waals surface area contributed by atoms with Gasteiger partial charge in [0, 0.05) is 25.1 Å². The first kappa shape index (κ1) is 16.5. The maximum atomic E-state index is 11.3. The normalized spacial score (nSPS) is 17.2. The number of benzene rings is 2. The van der Waals surface area contributed by atoms with Gasteiger partial charge in [0.25, 0.3) is 5.69 Å². The molecule has 0 bridgehead atoms. The lowest BCUT2D eigenvalue weighted by Crippen LogP contribution is -2.22. The van der Waals surface area contributed by atoms with Crippen molar-refractivity contribution in [1.29, 1.82) is 0 Å². The predicted octanol–water partition coefficient (Wildman–Crippen LogP) is 3.95. The van der Waals surface area contributed by atoms with Crippen LogP contribution in [0.3, 0.4) is 0 Å². The molecule has 5 nitrogen and oxygen atoms in total. The van der Waals surface area contributed by atoms with E-state index in [-0.39, 0.29) is 10.6 Å². The van der Waals surface area contributed by atoms with Gasteiger partial charge in [-0.15, -0.1) is 0 Å². The summed E-state index contributed by atoms with van der Waals surface area (Å²) < 4.78 is 5.82. The molecule has 1 aliphatic rings. The average Bonchev–Trinajstić information content (AvgIpc) is 3.04. The lowest BCUT2D eigenvalue weighted by molar-refractivity contribution is -0.384. The number of nitro groups is 1. The van der Waals surface area contributed by atoms with E-state index in [4.69, 9.17) is 4.74 Å². The van der Waals surface area contributed by atoms with Gasteiger partial charge >= 0.3 is 0 Å². The number of rotatable bonds is 6. The quantitative estimate of drug-likeness (QED) is 0.596. The predicted molar refractivity (Wildman–Crippen MR) is 94.3 cm³/mol. The fraction of sp³-hybridized carbons (Fsp3) is 0.368. The van der Waals surface area contributed by atoms with E-state index in [1.807, 2.05) is 37.3 Å². The number of aryl methyl sites for hydroxylation is 1. The van der Waals surface area contributed by atoms with E-state index in [1.165, 1.54) is 5.56 Å². The molecule has 1 fully saturated rings. The summed E-state index contributed by atoms with van der Waals surface area (Å²) in [6, 6.07) is 15.6. The lowest BCUT2D eigenvalue weighted by atomic mass is 10.1. The van der Waals surface area contributed by atoms with Crippen molar-refractivity contribution < 1.29 is 9.66 Å². The van der Waals surface area contributed by atoms with Crippen LogP contribution in [-0.4, -0.2) is 24.6 Å². The molecule has 0 spiro atoms. The topological polar surface area (TPSA) is 55.6 Å². The highest BCUT2D eigenvalue weighted by Gasteiger charge is 2.27. The number of hydrogen-bond acceptors (Lipinski definition) is 4. The molecule has 24 heavy (non-hydrogen) atoms. The molecular formula is C19H22N2O3. The Morgan fingerprint density at radius 3 is 2.79 bits per heavy atom. The van der Waals surface area contributed by atoms with E-state index in [9.17, 15) is 10.1 Å². The van der Waals surface area contributed by atoms with Gasteiger partial charge in [0.2, 0.25) is 0 Å². The molecule has 0 N–H and O–H groups in total. The van der Waals surface area contributed by atoms with Gasteiger partial charge in [0.05, 0.1) is 18.1 Å². The first-order valence-corrected chi connectivity index (χ1v) is 8.25. The summed E-state index contributed by atoms with van der Waals surface area (Å²) in [5, 5.41) is 11.3. The number of nitro benzene ring substituents is 1. The molecule has 1 heterocycles. The van der Waals surface area contributed by atoms with Gasteiger partial charge in [-0.25, -0.2) is 0 Å². The smallest absolute Gasteiger partial charge is 0.292 e. The first-order chi connectivity index (χ1) is 11.6. The fourth-order valence-electron chi connectivity index (χ4n) is 3.15. The van der Waals surface area contributed by atoms with E-state index in [1.54, 1.807) is 6.07 Å². The van der Waals surface area contributed by atoms with Gasteiger partial charge in [-0.2, -0.15) is 0 Å². The van der Waals surface area contributed by atoms with Gasteiger partial charge < -0.3 is 9.64 Å². The van der Waals surface area contributed by atoms with Crippen molar-refractivity contribution in [2.24, 2.45) is 5.92 Å². The largest absolute Gasteiger partial charge is 0.376 e. The second-order valence-corrected chi connectivity index (χ2v) is 6.35. The first-order valence-electron chi connectivity index (χ1n) is 8.25. The molecule has 1 saturated heterocycles. The molecule has 0 aromatic heterocycles. The van der Waals surface area contributed by atoms with Crippen molar-refractivity contribution in [2.75, 3.05) is 24.6 Å². The fourth-order valence-corrected chi connectivity index (χ4v) is 3.15. The summed E-state index contributed by atoms with van der Waals surface area (Å²) in [6.45, 7) is 4.82. The molecule has 5 heteroatoms. The summed E-state index contributed by atoms with van der Waals surface area (Å²) in [7, 11) is 0. The van der Waals surface area contributed by atoms with E-state index in [0.717, 1.165) is 30.8 Å². The Morgan fingerprint density at radius 1 is 1.25 bits per heavy atom. The van der Waals surface area contributed by atoms with Gasteiger partial charge in [0.1, 0.15) is 5.69 Å². The van der Waals surface area contributed by atoms with Crippen LogP contribution in [0, 0.1) is 23.0 Å². The monoisotopic (exact) mass is 326 g/mol. The van der Waals surface area contributed by atoms with Crippen molar-refractivity contribution in [3.8, 4) is 0 Å². The van der Waals surface area contributed by atoms with Crippen LogP contribution in [0.15, 0.2) is 48.5 Å². The lowest BCUT2D eigenvalue weighted by Gasteiger charge is -2.19. The summed E-state index contributed by atoms with van der Waals surface area (Å²) in [5.41, 5.74) is 2.99. The second kappa shape index (κ2) is 7.45. The summed E-state index contributed by atoms with van der Waals surface area (Å²) in [4.78, 5) is 13.1. The third-order valence-corrected chi connectivity index (χ3v) is 4.42. The van der Waals surface area contributed by atoms with Crippen LogP contribution < -0.4 is 4.90 Å². The Bertz CT molecular complexity index is 703. The van der Waals surface area contributed by atoms with Crippen molar-refractivity contribution in [2.45, 2.75) is 20.0 Å². The van der Waals surface area contributed by atoms with Crippen LogP contribution in [0.2, 0.25) is 0 Å². The van der Waals surface area contributed by atoms with Crippen LogP contribution in [0.1, 0.15) is 17.5 Å². The highest BCUT2D eigenvalue weighted by molar-refractivity contribution is 5.64. The Kier molecular flexibility index (Phi) is 5.11. The van der Waals surface area contributed by atoms with Gasteiger partial charge in [0.15, 0.2) is 0 Å². The third kappa shape index (κ3) is 3.92. The Labute approximate surface area is 142 Å². The van der Waals surface area contributed by atoms with Crippen molar-refractivity contribution >= 4 is 11.4 Å². The maximum absolute atomic E-state index is 11.3. The van der Waals surface area contributed by atoms with Gasteiger partial charge in [-0.05, 0) is 30.5 Å². The average molecular weight is 326 g/mol. The van der Waals surface area contributed by atoms with Crippen molar-refractivity contribution in [3.05, 3.63) is 69.8 Å². The molecule has 3 rings (SSSR count). The minimum Gasteiger partial charge on any atom is -0.376 e. The standard InChI is InChI=1S/C19H22N2O3/c1-15-7-8-18(19(11-15)21(22)23)20-10-9-17(12-20)14-24-13-16-5-3-2-4-6-16/h2-8,11,17H,9-10,12-14H2,1H3. The Hall–Kier alpha value is -2.40. The number of anilines is 1. The molecule has 0 aliphatic carbocycles. The highest BCUT2D eigenvalue weighted by Crippen LogP contribution is 2.33. The molecule has 1 atom stereocenters. The van der Waals surface area contributed by atoms with Crippen LogP contribution >= 0.6 is 0 Å². The summed E-state index contributed by atoms with van der Waals surface area (Å²) >= 11 is 0. The maximum Gasteiger partial charge on any atom is 0.292 e. The number of ether oxygens (including phenoxy) is 1. The third-order valence-electron chi connectivity index (χ3n) is 4.42. The van der Waals surface area contributed by atoms with Gasteiger partial charge in [-0.3, -0.25) is 10.1 Å². The zero-order valence-corrected chi connectivity index (χ0v) is 13.9. The molecule has 2 aromatic carbocycles. The summed E-state index contributed by atoms with van der Waals surface area (Å²) in [5.74, 6) is 0.412. The number of hydrogen-bond donors (Lipinski definition) is 0. The molecular weight excluding hydrogens is 304 g/mol. The van der Waals surface area contributed by atoms with E-state index >= 15 is 0 Å².